The summed E-state index contributed by atoms with van der Waals surface area (Å²) in [5, 5.41) is 3.41. The number of hydrogen-bond donors (Lipinski definition) is 2. The number of nitrogens with zero attached hydrogens (tertiary/aromatic N) is 2. The van der Waals surface area contributed by atoms with Crippen LogP contribution in [0.3, 0.4) is 0 Å². The minimum atomic E-state index is 0.474. The molecule has 16 heavy (non-hydrogen) atoms. The Morgan fingerprint density at radius 3 is 2.75 bits per heavy atom. The van der Waals surface area contributed by atoms with E-state index < -0.39 is 0 Å². The molecule has 0 fully saturated rings. The van der Waals surface area contributed by atoms with E-state index in [1.54, 1.807) is 6.20 Å². The third kappa shape index (κ3) is 4.04. The fourth-order valence-corrected chi connectivity index (χ4v) is 1.74. The number of rotatable bonds is 7. The summed E-state index contributed by atoms with van der Waals surface area (Å²) in [6, 6.07) is 0.474. The number of nitrogen functional groups attached to an aromatic ring is 1. The van der Waals surface area contributed by atoms with Crippen LogP contribution < -0.4 is 11.1 Å². The first-order chi connectivity index (χ1) is 7.77. The van der Waals surface area contributed by atoms with Crippen molar-refractivity contribution in [3.63, 3.8) is 0 Å². The van der Waals surface area contributed by atoms with Gasteiger partial charge in [0, 0.05) is 6.04 Å². The minimum absolute atomic E-state index is 0.474. The Morgan fingerprint density at radius 1 is 1.31 bits per heavy atom. The van der Waals surface area contributed by atoms with Crippen molar-refractivity contribution in [1.82, 2.24) is 9.97 Å². The van der Waals surface area contributed by atoms with Crippen molar-refractivity contribution in [2.24, 2.45) is 0 Å². The maximum atomic E-state index is 5.81. The van der Waals surface area contributed by atoms with Crippen molar-refractivity contribution in [2.45, 2.75) is 52.0 Å². The smallest absolute Gasteiger partial charge is 0.152 e. The fourth-order valence-electron chi connectivity index (χ4n) is 1.74. The monoisotopic (exact) mass is 222 g/mol. The van der Waals surface area contributed by atoms with Gasteiger partial charge in [-0.1, -0.05) is 33.1 Å². The van der Waals surface area contributed by atoms with Crippen molar-refractivity contribution < 1.29 is 0 Å². The Labute approximate surface area is 97.7 Å². The zero-order valence-electron chi connectivity index (χ0n) is 10.2. The van der Waals surface area contributed by atoms with Gasteiger partial charge in [-0.3, -0.25) is 0 Å². The van der Waals surface area contributed by atoms with Crippen LogP contribution in [0.15, 0.2) is 12.5 Å². The van der Waals surface area contributed by atoms with Crippen LogP contribution in [0.1, 0.15) is 46.0 Å². The molecule has 90 valence electrons. The molecule has 0 aliphatic heterocycles. The lowest BCUT2D eigenvalue weighted by molar-refractivity contribution is 0.563. The lowest BCUT2D eigenvalue weighted by atomic mass is 10.1. The molecule has 0 saturated heterocycles. The predicted molar refractivity (Wildman–Crippen MR) is 68.3 cm³/mol. The molecule has 0 aliphatic carbocycles. The maximum Gasteiger partial charge on any atom is 0.152 e. The van der Waals surface area contributed by atoms with E-state index in [1.807, 2.05) is 0 Å². The summed E-state index contributed by atoms with van der Waals surface area (Å²) >= 11 is 0. The van der Waals surface area contributed by atoms with E-state index >= 15 is 0 Å². The first kappa shape index (κ1) is 12.7. The molecule has 4 heteroatoms. The van der Waals surface area contributed by atoms with Crippen LogP contribution >= 0.6 is 0 Å². The van der Waals surface area contributed by atoms with E-state index in [2.05, 4.69) is 29.1 Å². The zero-order chi connectivity index (χ0) is 11.8. The first-order valence-electron chi connectivity index (χ1n) is 6.09. The zero-order valence-corrected chi connectivity index (χ0v) is 10.2. The highest BCUT2D eigenvalue weighted by Gasteiger charge is 2.09. The summed E-state index contributed by atoms with van der Waals surface area (Å²) in [5.74, 6) is 0.768. The van der Waals surface area contributed by atoms with Crippen LogP contribution in [0.5, 0.6) is 0 Å². The average molecular weight is 222 g/mol. The molecular formula is C12H22N4. The highest BCUT2D eigenvalue weighted by Crippen LogP contribution is 2.17. The van der Waals surface area contributed by atoms with Crippen LogP contribution in [0, 0.1) is 0 Å². The van der Waals surface area contributed by atoms with Gasteiger partial charge in [-0.2, -0.15) is 0 Å². The molecule has 0 bridgehead atoms. The molecule has 0 aliphatic rings. The Balaban J connectivity index is 2.56. The van der Waals surface area contributed by atoms with E-state index in [9.17, 15) is 0 Å². The van der Waals surface area contributed by atoms with Gasteiger partial charge >= 0.3 is 0 Å². The molecular weight excluding hydrogens is 200 g/mol. The van der Waals surface area contributed by atoms with Gasteiger partial charge in [-0.05, 0) is 12.8 Å². The van der Waals surface area contributed by atoms with Gasteiger partial charge in [0.15, 0.2) is 5.82 Å². The molecule has 1 rings (SSSR count). The van der Waals surface area contributed by atoms with Crippen molar-refractivity contribution >= 4 is 11.5 Å². The molecule has 3 N–H and O–H groups in total. The van der Waals surface area contributed by atoms with Crippen LogP contribution in [-0.2, 0) is 0 Å². The number of nitrogens with one attached hydrogen (secondary N) is 1. The second kappa shape index (κ2) is 7.04. The van der Waals surface area contributed by atoms with E-state index in [1.165, 1.54) is 32.0 Å². The Bertz CT molecular complexity index is 301. The van der Waals surface area contributed by atoms with E-state index in [-0.39, 0.29) is 0 Å². The van der Waals surface area contributed by atoms with E-state index in [0.717, 1.165) is 12.2 Å². The number of anilines is 2. The first-order valence-corrected chi connectivity index (χ1v) is 6.09. The highest BCUT2D eigenvalue weighted by atomic mass is 15.1. The van der Waals surface area contributed by atoms with Gasteiger partial charge in [-0.15, -0.1) is 0 Å². The van der Waals surface area contributed by atoms with Gasteiger partial charge in [-0.25, -0.2) is 9.97 Å². The third-order valence-corrected chi connectivity index (χ3v) is 2.62. The van der Waals surface area contributed by atoms with Crippen LogP contribution in [0.4, 0.5) is 11.5 Å². The fraction of sp³-hybridized carbons (Fsp3) is 0.667. The second-order valence-corrected chi connectivity index (χ2v) is 4.10. The SMILES string of the molecule is CCCCC(CCC)Nc1ncncc1N. The van der Waals surface area contributed by atoms with Crippen LogP contribution in [-0.4, -0.2) is 16.0 Å². The summed E-state index contributed by atoms with van der Waals surface area (Å²) in [6.45, 7) is 4.41. The van der Waals surface area contributed by atoms with E-state index in [4.69, 9.17) is 5.73 Å². The average Bonchev–Trinajstić information content (AvgIpc) is 2.29. The normalized spacial score (nSPS) is 12.4. The van der Waals surface area contributed by atoms with Gasteiger partial charge in [0.2, 0.25) is 0 Å². The maximum absolute atomic E-state index is 5.81. The number of nitrogens with two attached hydrogens (primary N) is 1. The molecule has 1 unspecified atom stereocenters. The van der Waals surface area contributed by atoms with Crippen molar-refractivity contribution in [2.75, 3.05) is 11.1 Å². The Kier molecular flexibility index (Phi) is 5.61. The second-order valence-electron chi connectivity index (χ2n) is 4.10. The largest absolute Gasteiger partial charge is 0.394 e. The van der Waals surface area contributed by atoms with Gasteiger partial charge in [0.1, 0.15) is 6.33 Å². The highest BCUT2D eigenvalue weighted by molar-refractivity contribution is 5.59. The van der Waals surface area contributed by atoms with Gasteiger partial charge in [0.05, 0.1) is 11.9 Å². The minimum Gasteiger partial charge on any atom is -0.394 e. The lowest BCUT2D eigenvalue weighted by Gasteiger charge is -2.19. The van der Waals surface area contributed by atoms with Crippen molar-refractivity contribution in [3.05, 3.63) is 12.5 Å². The quantitative estimate of drug-likeness (QED) is 0.744. The molecule has 1 atom stereocenters. The van der Waals surface area contributed by atoms with Gasteiger partial charge < -0.3 is 11.1 Å². The molecule has 0 radical (unpaired) electrons. The van der Waals surface area contributed by atoms with E-state index in [0.29, 0.717) is 11.7 Å². The van der Waals surface area contributed by atoms with Crippen LogP contribution in [0.2, 0.25) is 0 Å². The number of unbranched alkanes of at least 4 members (excludes halogenated alkanes) is 1. The molecule has 0 spiro atoms. The summed E-state index contributed by atoms with van der Waals surface area (Å²) < 4.78 is 0. The lowest BCUT2D eigenvalue weighted by Crippen LogP contribution is -2.20. The standard InChI is InChI=1S/C12H22N4/c1-3-5-7-10(6-4-2)16-12-11(13)8-14-9-15-12/h8-10H,3-7,13H2,1-2H3,(H,14,15,16). The molecule has 1 heterocycles. The summed E-state index contributed by atoms with van der Waals surface area (Å²) in [6.07, 6.45) is 9.13. The molecule has 0 aromatic carbocycles. The van der Waals surface area contributed by atoms with Crippen molar-refractivity contribution in [1.29, 1.82) is 0 Å². The topological polar surface area (TPSA) is 63.8 Å². The molecule has 4 nitrogen and oxygen atoms in total. The molecule has 1 aromatic heterocycles. The number of hydrogen-bond acceptors (Lipinski definition) is 4. The summed E-state index contributed by atoms with van der Waals surface area (Å²) in [4.78, 5) is 8.05. The Morgan fingerprint density at radius 2 is 2.12 bits per heavy atom. The molecule has 1 aromatic rings. The van der Waals surface area contributed by atoms with Crippen LogP contribution in [0.25, 0.3) is 0 Å². The predicted octanol–water partition coefficient (Wildman–Crippen LogP) is 2.83. The van der Waals surface area contributed by atoms with Gasteiger partial charge in [0.25, 0.3) is 0 Å². The third-order valence-electron chi connectivity index (χ3n) is 2.62. The summed E-state index contributed by atoms with van der Waals surface area (Å²) in [7, 11) is 0. The van der Waals surface area contributed by atoms with Crippen molar-refractivity contribution in [3.8, 4) is 0 Å². The molecule has 0 amide bonds. The number of aromatic nitrogens is 2. The summed E-state index contributed by atoms with van der Waals surface area (Å²) in [5.41, 5.74) is 6.43. The Hall–Kier alpha value is -1.32. The molecule has 0 saturated carbocycles.